The van der Waals surface area contributed by atoms with Gasteiger partial charge in [0.05, 0.1) is 7.11 Å². The molecule has 3 nitrogen and oxygen atoms in total. The van der Waals surface area contributed by atoms with E-state index in [1.165, 1.54) is 0 Å². The van der Waals surface area contributed by atoms with Gasteiger partial charge in [-0.2, -0.15) is 0 Å². The van der Waals surface area contributed by atoms with Crippen LogP contribution >= 0.6 is 27.5 Å². The zero-order valence-corrected chi connectivity index (χ0v) is 11.5. The van der Waals surface area contributed by atoms with Crippen molar-refractivity contribution in [2.75, 3.05) is 20.7 Å². The van der Waals surface area contributed by atoms with Crippen molar-refractivity contribution in [1.82, 2.24) is 4.90 Å². The first kappa shape index (κ1) is 13.3. The number of likely N-dealkylation sites (N-methyl/N-ethyl adjacent to an activating group) is 1. The zero-order valence-electron chi connectivity index (χ0n) is 9.17. The molecule has 5 heteroatoms. The Bertz CT molecular complexity index is 384. The number of carbonyl (C=O) groups excluding carboxylic acids is 1. The summed E-state index contributed by atoms with van der Waals surface area (Å²) in [6, 6.07) is 5.54. The third-order valence-electron chi connectivity index (χ3n) is 2.28. The highest BCUT2D eigenvalue weighted by Crippen LogP contribution is 2.22. The second kappa shape index (κ2) is 6.11. The Morgan fingerprint density at radius 1 is 1.56 bits per heavy atom. The highest BCUT2D eigenvalue weighted by molar-refractivity contribution is 9.18. The molecule has 0 aliphatic carbocycles. The third-order valence-corrected chi connectivity index (χ3v) is 3.23. The maximum absolute atomic E-state index is 10.9. The molecule has 0 aliphatic rings. The summed E-state index contributed by atoms with van der Waals surface area (Å²) in [7, 11) is 3.33. The van der Waals surface area contributed by atoms with Gasteiger partial charge in [-0.1, -0.05) is 17.7 Å². The maximum atomic E-state index is 10.9. The molecule has 0 saturated heterocycles. The number of nitrogens with zero attached hydrogens (tertiary/aromatic N) is 1. The highest BCUT2D eigenvalue weighted by Gasteiger charge is 2.06. The molecule has 0 radical (unpaired) electrons. The first-order valence-corrected chi connectivity index (χ1v) is 5.94. The SMILES string of the molecule is COc1ccc(CCN(C)C(=O)Br)c(Cl)c1. The molecule has 16 heavy (non-hydrogen) atoms. The lowest BCUT2D eigenvalue weighted by Gasteiger charge is -2.14. The summed E-state index contributed by atoms with van der Waals surface area (Å²) in [6.45, 7) is 0.621. The normalized spacial score (nSPS) is 10.0. The maximum Gasteiger partial charge on any atom is 0.289 e. The monoisotopic (exact) mass is 305 g/mol. The number of methoxy groups -OCH3 is 1. The van der Waals surface area contributed by atoms with Gasteiger partial charge in [-0.05, 0) is 24.1 Å². The fraction of sp³-hybridized carbons (Fsp3) is 0.364. The van der Waals surface area contributed by atoms with E-state index in [1.807, 2.05) is 12.1 Å². The fourth-order valence-corrected chi connectivity index (χ4v) is 1.68. The number of hydrogen-bond acceptors (Lipinski definition) is 2. The zero-order chi connectivity index (χ0) is 12.1. The van der Waals surface area contributed by atoms with Gasteiger partial charge >= 0.3 is 0 Å². The van der Waals surface area contributed by atoms with Gasteiger partial charge < -0.3 is 9.64 Å². The number of hydrogen-bond donors (Lipinski definition) is 0. The van der Waals surface area contributed by atoms with Crippen molar-refractivity contribution < 1.29 is 9.53 Å². The van der Waals surface area contributed by atoms with Crippen LogP contribution in [-0.2, 0) is 6.42 Å². The molecule has 1 aromatic carbocycles. The van der Waals surface area contributed by atoms with Gasteiger partial charge in [-0.15, -0.1) is 0 Å². The number of halogens is 2. The summed E-state index contributed by atoms with van der Waals surface area (Å²) in [5.74, 6) is 0.735. The van der Waals surface area contributed by atoms with Crippen LogP contribution in [0.4, 0.5) is 4.79 Å². The van der Waals surface area contributed by atoms with Gasteiger partial charge in [0.1, 0.15) is 5.75 Å². The first-order chi connectivity index (χ1) is 7.54. The van der Waals surface area contributed by atoms with Crippen LogP contribution < -0.4 is 4.74 Å². The van der Waals surface area contributed by atoms with Crippen LogP contribution in [0.1, 0.15) is 5.56 Å². The summed E-state index contributed by atoms with van der Waals surface area (Å²) >= 11 is 8.96. The minimum atomic E-state index is -0.128. The Balaban J connectivity index is 2.64. The molecule has 0 fully saturated rings. The summed E-state index contributed by atoms with van der Waals surface area (Å²) in [4.78, 5) is 12.4. The minimum Gasteiger partial charge on any atom is -0.497 e. The second-order valence-electron chi connectivity index (χ2n) is 3.38. The summed E-state index contributed by atoms with van der Waals surface area (Å²) < 4.78 is 5.06. The lowest BCUT2D eigenvalue weighted by molar-refractivity contribution is 0.235. The van der Waals surface area contributed by atoms with Crippen LogP contribution in [0, 0.1) is 0 Å². The van der Waals surface area contributed by atoms with E-state index in [0.29, 0.717) is 11.6 Å². The Kier molecular flexibility index (Phi) is 5.09. The molecule has 0 bridgehead atoms. The van der Waals surface area contributed by atoms with E-state index in [9.17, 15) is 4.79 Å². The Hall–Kier alpha value is -0.740. The highest BCUT2D eigenvalue weighted by atomic mass is 79.9. The van der Waals surface area contributed by atoms with Crippen LogP contribution in [0.5, 0.6) is 5.75 Å². The molecule has 1 amide bonds. The van der Waals surface area contributed by atoms with E-state index in [-0.39, 0.29) is 4.82 Å². The third kappa shape index (κ3) is 3.68. The van der Waals surface area contributed by atoms with Gasteiger partial charge in [-0.3, -0.25) is 4.79 Å². The Morgan fingerprint density at radius 2 is 2.25 bits per heavy atom. The van der Waals surface area contributed by atoms with Crippen molar-refractivity contribution in [2.45, 2.75) is 6.42 Å². The van der Waals surface area contributed by atoms with E-state index in [0.717, 1.165) is 17.7 Å². The average Bonchev–Trinajstić information content (AvgIpc) is 2.26. The van der Waals surface area contributed by atoms with Crippen molar-refractivity contribution >= 4 is 32.3 Å². The summed E-state index contributed by atoms with van der Waals surface area (Å²) in [5.41, 5.74) is 1.00. The quantitative estimate of drug-likeness (QED) is 0.631. The summed E-state index contributed by atoms with van der Waals surface area (Å²) in [5, 5.41) is 0.662. The lowest BCUT2D eigenvalue weighted by atomic mass is 10.1. The van der Waals surface area contributed by atoms with E-state index >= 15 is 0 Å². The van der Waals surface area contributed by atoms with Crippen LogP contribution in [0.25, 0.3) is 0 Å². The average molecular weight is 307 g/mol. The Labute approximate surface area is 108 Å². The molecule has 0 unspecified atom stereocenters. The van der Waals surface area contributed by atoms with Crippen molar-refractivity contribution in [1.29, 1.82) is 0 Å². The second-order valence-corrected chi connectivity index (χ2v) is 4.47. The number of benzene rings is 1. The molecular weight excluding hydrogens is 293 g/mol. The van der Waals surface area contributed by atoms with Crippen LogP contribution in [-0.4, -0.2) is 30.4 Å². The van der Waals surface area contributed by atoms with Gasteiger partial charge in [-0.25, -0.2) is 0 Å². The molecule has 0 heterocycles. The van der Waals surface area contributed by atoms with Crippen molar-refractivity contribution in [3.05, 3.63) is 28.8 Å². The molecule has 0 spiro atoms. The van der Waals surface area contributed by atoms with Gasteiger partial charge in [0.2, 0.25) is 0 Å². The van der Waals surface area contributed by atoms with Crippen LogP contribution in [0.3, 0.4) is 0 Å². The fourth-order valence-electron chi connectivity index (χ4n) is 1.23. The van der Waals surface area contributed by atoms with Gasteiger partial charge in [0, 0.05) is 34.5 Å². The van der Waals surface area contributed by atoms with Crippen molar-refractivity contribution in [3.8, 4) is 5.75 Å². The predicted octanol–water partition coefficient (Wildman–Crippen LogP) is 3.34. The summed E-state index contributed by atoms with van der Waals surface area (Å²) in [6.07, 6.45) is 0.719. The standard InChI is InChI=1S/C11H13BrClNO2/c1-14(11(12)15)6-5-8-3-4-9(16-2)7-10(8)13/h3-4,7H,5-6H2,1-2H3. The number of ether oxygens (including phenoxy) is 1. The number of rotatable bonds is 4. The van der Waals surface area contributed by atoms with E-state index in [4.69, 9.17) is 16.3 Å². The topological polar surface area (TPSA) is 29.5 Å². The molecule has 0 atom stereocenters. The molecular formula is C11H13BrClNO2. The number of carbonyl (C=O) groups is 1. The predicted molar refractivity (Wildman–Crippen MR) is 68.7 cm³/mol. The lowest BCUT2D eigenvalue weighted by Crippen LogP contribution is -2.23. The first-order valence-electron chi connectivity index (χ1n) is 4.77. The molecule has 0 aromatic heterocycles. The van der Waals surface area contributed by atoms with Crippen molar-refractivity contribution in [2.24, 2.45) is 0 Å². The molecule has 0 N–H and O–H groups in total. The van der Waals surface area contributed by atoms with E-state index < -0.39 is 0 Å². The Morgan fingerprint density at radius 3 is 2.75 bits per heavy atom. The molecule has 1 aromatic rings. The van der Waals surface area contributed by atoms with Gasteiger partial charge in [0.25, 0.3) is 4.82 Å². The minimum absolute atomic E-state index is 0.128. The largest absolute Gasteiger partial charge is 0.497 e. The molecule has 0 saturated carbocycles. The van der Waals surface area contributed by atoms with Crippen LogP contribution in [0.15, 0.2) is 18.2 Å². The van der Waals surface area contributed by atoms with E-state index in [1.54, 1.807) is 25.1 Å². The van der Waals surface area contributed by atoms with E-state index in [2.05, 4.69) is 15.9 Å². The molecule has 1 rings (SSSR count). The smallest absolute Gasteiger partial charge is 0.289 e. The van der Waals surface area contributed by atoms with Gasteiger partial charge in [0.15, 0.2) is 0 Å². The molecule has 0 aliphatic heterocycles. The molecule has 88 valence electrons. The van der Waals surface area contributed by atoms with Crippen molar-refractivity contribution in [3.63, 3.8) is 0 Å². The van der Waals surface area contributed by atoms with Crippen LogP contribution in [0.2, 0.25) is 5.02 Å². The number of amides is 1.